The number of hydrogen-bond donors (Lipinski definition) is 4. The van der Waals surface area contributed by atoms with E-state index in [4.69, 9.17) is 9.72 Å². The molecule has 0 radical (unpaired) electrons. The Kier molecular flexibility index (Phi) is 7.56. The number of rotatable bonds is 9. The molecule has 14 heteroatoms. The van der Waals surface area contributed by atoms with Gasteiger partial charge in [0.1, 0.15) is 11.4 Å². The van der Waals surface area contributed by atoms with Gasteiger partial charge in [0.15, 0.2) is 17.5 Å². The Morgan fingerprint density at radius 3 is 2.55 bits per heavy atom. The third-order valence-electron chi connectivity index (χ3n) is 7.95. The predicted molar refractivity (Wildman–Crippen MR) is 153 cm³/mol. The Labute approximate surface area is 242 Å². The molecule has 6 heterocycles. The van der Waals surface area contributed by atoms with Crippen molar-refractivity contribution in [1.82, 2.24) is 45.6 Å². The SMILES string of the molecule is COC1(C(=O)N[C@H](c2ccc(-n3cc(F)cn3)nc2)C2CNC2)CCN(c2nc(C)cc(Nc3cc(C)[nH]n3)n2)CC1. The van der Waals surface area contributed by atoms with Crippen molar-refractivity contribution in [2.24, 2.45) is 5.92 Å². The summed E-state index contributed by atoms with van der Waals surface area (Å²) >= 11 is 0. The van der Waals surface area contributed by atoms with Gasteiger partial charge in [0.05, 0.1) is 18.4 Å². The van der Waals surface area contributed by atoms with Crippen LogP contribution in [0.15, 0.2) is 42.9 Å². The number of ether oxygens (including phenoxy) is 1. The third kappa shape index (κ3) is 5.67. The second-order valence-electron chi connectivity index (χ2n) is 10.9. The Hall–Kier alpha value is -4.43. The van der Waals surface area contributed by atoms with Crippen LogP contribution < -0.4 is 20.9 Å². The molecule has 4 aromatic heterocycles. The summed E-state index contributed by atoms with van der Waals surface area (Å²) in [6.45, 7) is 6.53. The largest absolute Gasteiger partial charge is 0.368 e. The van der Waals surface area contributed by atoms with Gasteiger partial charge in [-0.25, -0.2) is 19.0 Å². The number of nitrogens with zero attached hydrogens (tertiary/aromatic N) is 7. The summed E-state index contributed by atoms with van der Waals surface area (Å²) < 4.78 is 20.7. The van der Waals surface area contributed by atoms with Crippen molar-refractivity contribution < 1.29 is 13.9 Å². The number of aromatic nitrogens is 7. The molecule has 2 aliphatic rings. The number of hydrogen-bond acceptors (Lipinski definition) is 10. The zero-order valence-electron chi connectivity index (χ0n) is 23.8. The van der Waals surface area contributed by atoms with Gasteiger partial charge in [0.25, 0.3) is 5.91 Å². The average Bonchev–Trinajstić information content (AvgIpc) is 3.58. The van der Waals surface area contributed by atoms with E-state index >= 15 is 0 Å². The first kappa shape index (κ1) is 27.7. The molecule has 2 aliphatic heterocycles. The summed E-state index contributed by atoms with van der Waals surface area (Å²) in [6.07, 6.45) is 5.07. The molecule has 0 unspecified atom stereocenters. The van der Waals surface area contributed by atoms with Gasteiger partial charge < -0.3 is 25.6 Å². The molecule has 2 fully saturated rings. The quantitative estimate of drug-likeness (QED) is 0.234. The van der Waals surface area contributed by atoms with Crippen LogP contribution in [0.1, 0.15) is 35.8 Å². The lowest BCUT2D eigenvalue weighted by molar-refractivity contribution is -0.147. The highest BCUT2D eigenvalue weighted by Crippen LogP contribution is 2.32. The van der Waals surface area contributed by atoms with Crippen LogP contribution in [-0.4, -0.2) is 79.7 Å². The molecule has 4 aromatic rings. The van der Waals surface area contributed by atoms with E-state index in [0.717, 1.165) is 36.2 Å². The molecule has 0 saturated carbocycles. The zero-order valence-corrected chi connectivity index (χ0v) is 23.8. The number of pyridine rings is 1. The second-order valence-corrected chi connectivity index (χ2v) is 10.9. The molecule has 0 spiro atoms. The molecular formula is C28H34FN11O2. The maximum atomic E-state index is 13.8. The topological polar surface area (TPSA) is 151 Å². The number of piperidine rings is 1. The van der Waals surface area contributed by atoms with Crippen LogP contribution in [0.25, 0.3) is 5.82 Å². The monoisotopic (exact) mass is 575 g/mol. The minimum atomic E-state index is -0.983. The van der Waals surface area contributed by atoms with Crippen molar-refractivity contribution in [3.8, 4) is 5.82 Å². The second kappa shape index (κ2) is 11.4. The van der Waals surface area contributed by atoms with Crippen LogP contribution >= 0.6 is 0 Å². The predicted octanol–water partition coefficient (Wildman–Crippen LogP) is 2.34. The lowest BCUT2D eigenvalue weighted by Gasteiger charge is -2.42. The van der Waals surface area contributed by atoms with Gasteiger partial charge in [0, 0.05) is 81.8 Å². The number of aryl methyl sites for hydroxylation is 2. The van der Waals surface area contributed by atoms with Gasteiger partial charge >= 0.3 is 0 Å². The number of methoxy groups -OCH3 is 1. The van der Waals surface area contributed by atoms with Gasteiger partial charge in [-0.3, -0.25) is 9.89 Å². The van der Waals surface area contributed by atoms with Crippen LogP contribution in [0, 0.1) is 25.6 Å². The van der Waals surface area contributed by atoms with E-state index in [1.165, 1.54) is 10.9 Å². The van der Waals surface area contributed by atoms with Crippen LogP contribution in [-0.2, 0) is 9.53 Å². The molecule has 2 saturated heterocycles. The number of carbonyl (C=O) groups is 1. The molecule has 0 aromatic carbocycles. The summed E-state index contributed by atoms with van der Waals surface area (Å²) in [5.74, 6) is 2.05. The lowest BCUT2D eigenvalue weighted by Crippen LogP contribution is -2.58. The average molecular weight is 576 g/mol. The zero-order chi connectivity index (χ0) is 29.3. The van der Waals surface area contributed by atoms with Crippen molar-refractivity contribution >= 4 is 23.5 Å². The standard InChI is InChI=1S/C28H34FN11O2/c1-17-10-22(34-23-11-18(2)37-38-23)35-27(33-17)39-8-6-28(42-3,7-9-39)26(41)36-25(20-12-30-13-20)19-4-5-24(31-14-19)40-16-21(29)15-32-40/h4-5,10-11,14-16,20,25,30H,6-9,12-13H2,1-3H3,(H,36,41)(H2,33,34,35,37,38)/t25-/m1/s1. The number of aromatic amines is 1. The van der Waals surface area contributed by atoms with Gasteiger partial charge in [-0.15, -0.1) is 0 Å². The van der Waals surface area contributed by atoms with Gasteiger partial charge in [-0.05, 0) is 25.5 Å². The van der Waals surface area contributed by atoms with Crippen LogP contribution in [0.3, 0.4) is 0 Å². The number of amides is 1. The molecule has 1 atom stereocenters. The normalized spacial score (nSPS) is 17.5. The Bertz CT molecular complexity index is 1540. The highest BCUT2D eigenvalue weighted by atomic mass is 19.1. The summed E-state index contributed by atoms with van der Waals surface area (Å²) in [4.78, 5) is 29.7. The summed E-state index contributed by atoms with van der Waals surface area (Å²) in [6, 6.07) is 7.20. The summed E-state index contributed by atoms with van der Waals surface area (Å²) in [5, 5.41) is 20.9. The van der Waals surface area contributed by atoms with Gasteiger partial charge in [0.2, 0.25) is 5.95 Å². The molecule has 42 heavy (non-hydrogen) atoms. The van der Waals surface area contributed by atoms with E-state index in [1.54, 1.807) is 19.4 Å². The summed E-state index contributed by atoms with van der Waals surface area (Å²) in [7, 11) is 1.59. The lowest BCUT2D eigenvalue weighted by atomic mass is 9.86. The van der Waals surface area contributed by atoms with Crippen LogP contribution in [0.2, 0.25) is 0 Å². The van der Waals surface area contributed by atoms with E-state index in [0.29, 0.717) is 49.3 Å². The molecular weight excluding hydrogens is 541 g/mol. The van der Waals surface area contributed by atoms with E-state index in [9.17, 15) is 9.18 Å². The number of halogens is 1. The molecule has 6 rings (SSSR count). The minimum absolute atomic E-state index is 0.152. The van der Waals surface area contributed by atoms with Gasteiger partial charge in [-0.2, -0.15) is 15.2 Å². The third-order valence-corrected chi connectivity index (χ3v) is 7.95. The van der Waals surface area contributed by atoms with Crippen molar-refractivity contribution in [2.75, 3.05) is 43.5 Å². The maximum Gasteiger partial charge on any atom is 0.252 e. The minimum Gasteiger partial charge on any atom is -0.368 e. The van der Waals surface area contributed by atoms with Crippen molar-refractivity contribution in [2.45, 2.75) is 38.3 Å². The number of nitrogens with one attached hydrogen (secondary N) is 4. The molecule has 4 N–H and O–H groups in total. The van der Waals surface area contributed by atoms with Crippen LogP contribution in [0.5, 0.6) is 0 Å². The van der Waals surface area contributed by atoms with Crippen molar-refractivity contribution in [1.29, 1.82) is 0 Å². The number of carbonyl (C=O) groups excluding carboxylic acids is 1. The molecule has 0 aliphatic carbocycles. The first-order valence-corrected chi connectivity index (χ1v) is 13.9. The first-order valence-electron chi connectivity index (χ1n) is 13.9. The summed E-state index contributed by atoms with van der Waals surface area (Å²) in [5.41, 5.74) is 1.66. The van der Waals surface area contributed by atoms with Crippen molar-refractivity contribution in [3.63, 3.8) is 0 Å². The Morgan fingerprint density at radius 2 is 1.95 bits per heavy atom. The fourth-order valence-corrected chi connectivity index (χ4v) is 5.40. The van der Waals surface area contributed by atoms with E-state index in [1.807, 2.05) is 32.0 Å². The van der Waals surface area contributed by atoms with Crippen LogP contribution in [0.4, 0.5) is 22.0 Å². The first-order chi connectivity index (χ1) is 20.3. The number of anilines is 3. The Morgan fingerprint density at radius 1 is 1.14 bits per heavy atom. The smallest absolute Gasteiger partial charge is 0.252 e. The fraction of sp³-hybridized carbons (Fsp3) is 0.429. The Balaban J connectivity index is 1.14. The number of H-pyrrole nitrogens is 1. The molecule has 0 bridgehead atoms. The van der Waals surface area contributed by atoms with Crippen molar-refractivity contribution in [3.05, 3.63) is 65.6 Å². The fourth-order valence-electron chi connectivity index (χ4n) is 5.40. The van der Waals surface area contributed by atoms with E-state index in [-0.39, 0.29) is 17.9 Å². The molecule has 220 valence electrons. The highest BCUT2D eigenvalue weighted by Gasteiger charge is 2.44. The molecule has 1 amide bonds. The highest BCUT2D eigenvalue weighted by molar-refractivity contribution is 5.86. The van der Waals surface area contributed by atoms with E-state index < -0.39 is 11.4 Å². The molecule has 13 nitrogen and oxygen atoms in total. The maximum absolute atomic E-state index is 13.8. The van der Waals surface area contributed by atoms with Gasteiger partial charge in [-0.1, -0.05) is 6.07 Å². The van der Waals surface area contributed by atoms with E-state index in [2.05, 4.69) is 46.1 Å².